The minimum absolute atomic E-state index is 0.0606. The lowest BCUT2D eigenvalue weighted by atomic mass is 9.91. The molecule has 1 aromatic rings. The predicted molar refractivity (Wildman–Crippen MR) is 54.0 cm³/mol. The van der Waals surface area contributed by atoms with E-state index in [9.17, 15) is 18.0 Å². The summed E-state index contributed by atoms with van der Waals surface area (Å²) in [5, 5.41) is 0. The molecule has 0 saturated carbocycles. The number of esters is 1. The first-order valence-corrected chi connectivity index (χ1v) is 4.92. The molecule has 2 nitrogen and oxygen atoms in total. The largest absolute Gasteiger partial charge is 0.447 e. The average Bonchev–Trinajstić information content (AvgIpc) is 2.59. The Hall–Kier alpha value is -1.78. The molecule has 1 aliphatic rings. The first kappa shape index (κ1) is 11.7. The van der Waals surface area contributed by atoms with E-state index in [0.717, 1.165) is 12.1 Å². The molecule has 1 aliphatic heterocycles. The maximum absolute atomic E-state index is 12.8. The van der Waals surface area contributed by atoms with E-state index in [0.29, 0.717) is 0 Å². The SMILES string of the molecule is CC1(c2ccccc2C(F)(F)F)C=CC(=O)O1. The molecule has 2 rings (SSSR count). The van der Waals surface area contributed by atoms with E-state index in [-0.39, 0.29) is 5.56 Å². The van der Waals surface area contributed by atoms with Crippen LogP contribution in [0.4, 0.5) is 13.2 Å². The maximum Gasteiger partial charge on any atom is 0.416 e. The van der Waals surface area contributed by atoms with Crippen LogP contribution in [0.3, 0.4) is 0 Å². The molecule has 90 valence electrons. The second-order valence-corrected chi connectivity index (χ2v) is 3.90. The van der Waals surface area contributed by atoms with Gasteiger partial charge < -0.3 is 4.74 Å². The van der Waals surface area contributed by atoms with Crippen LogP contribution in [0, 0.1) is 0 Å². The number of carbonyl (C=O) groups excluding carboxylic acids is 1. The molecule has 0 saturated heterocycles. The van der Waals surface area contributed by atoms with Crippen molar-refractivity contribution in [3.8, 4) is 0 Å². The Balaban J connectivity index is 2.54. The first-order chi connectivity index (χ1) is 7.83. The number of benzene rings is 1. The van der Waals surface area contributed by atoms with E-state index in [1.807, 2.05) is 0 Å². The first-order valence-electron chi connectivity index (χ1n) is 4.92. The van der Waals surface area contributed by atoms with Gasteiger partial charge in [0.15, 0.2) is 5.60 Å². The highest BCUT2D eigenvalue weighted by Crippen LogP contribution is 2.40. The van der Waals surface area contributed by atoms with Crippen molar-refractivity contribution in [3.63, 3.8) is 0 Å². The van der Waals surface area contributed by atoms with Crippen LogP contribution in [0.25, 0.3) is 0 Å². The number of alkyl halides is 3. The zero-order chi connectivity index (χ0) is 12.7. The van der Waals surface area contributed by atoms with Gasteiger partial charge in [-0.15, -0.1) is 0 Å². The molecule has 0 N–H and O–H groups in total. The second kappa shape index (κ2) is 3.61. The summed E-state index contributed by atoms with van der Waals surface area (Å²) in [6.45, 7) is 1.43. The van der Waals surface area contributed by atoms with Gasteiger partial charge in [0.1, 0.15) is 0 Å². The molecule has 1 unspecified atom stereocenters. The van der Waals surface area contributed by atoms with Crippen LogP contribution in [0.2, 0.25) is 0 Å². The summed E-state index contributed by atoms with van der Waals surface area (Å²) in [5.74, 6) is -0.635. The molecule has 0 spiro atoms. The minimum Gasteiger partial charge on any atom is -0.447 e. The zero-order valence-electron chi connectivity index (χ0n) is 8.91. The van der Waals surface area contributed by atoms with Crippen molar-refractivity contribution in [2.45, 2.75) is 18.7 Å². The van der Waals surface area contributed by atoms with E-state index in [4.69, 9.17) is 4.74 Å². The summed E-state index contributed by atoms with van der Waals surface area (Å²) in [7, 11) is 0. The smallest absolute Gasteiger partial charge is 0.416 e. The molecule has 0 fully saturated rings. The zero-order valence-corrected chi connectivity index (χ0v) is 8.91. The Morgan fingerprint density at radius 1 is 1.24 bits per heavy atom. The van der Waals surface area contributed by atoms with E-state index in [1.165, 1.54) is 31.2 Å². The monoisotopic (exact) mass is 242 g/mol. The molecule has 0 aliphatic carbocycles. The van der Waals surface area contributed by atoms with E-state index in [2.05, 4.69) is 0 Å². The van der Waals surface area contributed by atoms with Crippen molar-refractivity contribution in [2.75, 3.05) is 0 Å². The van der Waals surface area contributed by atoms with Gasteiger partial charge in [-0.05, 0) is 19.1 Å². The maximum atomic E-state index is 12.8. The van der Waals surface area contributed by atoms with Gasteiger partial charge in [-0.1, -0.05) is 18.2 Å². The number of cyclic esters (lactones) is 1. The number of carbonyl (C=O) groups is 1. The Morgan fingerprint density at radius 2 is 1.88 bits per heavy atom. The fraction of sp³-hybridized carbons (Fsp3) is 0.250. The van der Waals surface area contributed by atoms with Crippen LogP contribution in [-0.2, 0) is 21.3 Å². The van der Waals surface area contributed by atoms with Gasteiger partial charge in [0, 0.05) is 11.6 Å². The standard InChI is InChI=1S/C12H9F3O2/c1-11(7-6-10(16)17-11)8-4-2-3-5-9(8)12(13,14)15/h2-7H,1H3. The highest BCUT2D eigenvalue weighted by Gasteiger charge is 2.41. The molecule has 17 heavy (non-hydrogen) atoms. The highest BCUT2D eigenvalue weighted by atomic mass is 19.4. The fourth-order valence-corrected chi connectivity index (χ4v) is 1.81. The van der Waals surface area contributed by atoms with Gasteiger partial charge in [-0.2, -0.15) is 13.2 Å². The third-order valence-corrected chi connectivity index (χ3v) is 2.62. The molecule has 0 bridgehead atoms. The van der Waals surface area contributed by atoms with Crippen molar-refractivity contribution < 1.29 is 22.7 Å². The van der Waals surface area contributed by atoms with Crippen LogP contribution >= 0.6 is 0 Å². The van der Waals surface area contributed by atoms with Crippen LogP contribution in [-0.4, -0.2) is 5.97 Å². The average molecular weight is 242 g/mol. The number of hydrogen-bond acceptors (Lipinski definition) is 2. The summed E-state index contributed by atoms with van der Waals surface area (Å²) in [6.07, 6.45) is -2.00. The topological polar surface area (TPSA) is 26.3 Å². The van der Waals surface area contributed by atoms with Gasteiger partial charge >= 0.3 is 12.1 Å². The van der Waals surface area contributed by atoms with Crippen molar-refractivity contribution in [1.82, 2.24) is 0 Å². The van der Waals surface area contributed by atoms with Gasteiger partial charge in [-0.3, -0.25) is 0 Å². The minimum atomic E-state index is -4.47. The molecular formula is C12H9F3O2. The summed E-state index contributed by atoms with van der Waals surface area (Å²) in [5.41, 5.74) is -2.19. The molecule has 0 radical (unpaired) electrons. The molecular weight excluding hydrogens is 233 g/mol. The predicted octanol–water partition coefficient (Wildman–Crippen LogP) is 3.03. The van der Waals surface area contributed by atoms with Crippen LogP contribution in [0.1, 0.15) is 18.1 Å². The molecule has 0 amide bonds. The molecule has 0 aromatic heterocycles. The van der Waals surface area contributed by atoms with E-state index in [1.54, 1.807) is 0 Å². The summed E-state index contributed by atoms with van der Waals surface area (Å²) in [4.78, 5) is 11.0. The number of rotatable bonds is 1. The van der Waals surface area contributed by atoms with E-state index >= 15 is 0 Å². The fourth-order valence-electron chi connectivity index (χ4n) is 1.81. The highest BCUT2D eigenvalue weighted by molar-refractivity contribution is 5.85. The summed E-state index contributed by atoms with van der Waals surface area (Å²) >= 11 is 0. The lowest BCUT2D eigenvalue weighted by molar-refractivity contribution is -0.149. The summed E-state index contributed by atoms with van der Waals surface area (Å²) in [6, 6.07) is 5.07. The van der Waals surface area contributed by atoms with Crippen molar-refractivity contribution in [1.29, 1.82) is 0 Å². The third-order valence-electron chi connectivity index (χ3n) is 2.62. The number of ether oxygens (including phenoxy) is 1. The van der Waals surface area contributed by atoms with Crippen molar-refractivity contribution >= 4 is 5.97 Å². The number of hydrogen-bond donors (Lipinski definition) is 0. The quantitative estimate of drug-likeness (QED) is 0.707. The third kappa shape index (κ3) is 2.05. The van der Waals surface area contributed by atoms with Crippen LogP contribution in [0.15, 0.2) is 36.4 Å². The van der Waals surface area contributed by atoms with Gasteiger partial charge in [0.05, 0.1) is 5.56 Å². The van der Waals surface area contributed by atoms with Gasteiger partial charge in [-0.25, -0.2) is 4.79 Å². The normalized spacial score (nSPS) is 23.9. The molecule has 1 atom stereocenters. The Bertz CT molecular complexity index is 491. The Kier molecular flexibility index (Phi) is 2.49. The molecule has 1 aromatic carbocycles. The second-order valence-electron chi connectivity index (χ2n) is 3.90. The summed E-state index contributed by atoms with van der Waals surface area (Å²) < 4.78 is 43.3. The lowest BCUT2D eigenvalue weighted by Crippen LogP contribution is -2.25. The van der Waals surface area contributed by atoms with Gasteiger partial charge in [0.2, 0.25) is 0 Å². The number of halogens is 3. The Morgan fingerprint density at radius 3 is 2.41 bits per heavy atom. The van der Waals surface area contributed by atoms with E-state index < -0.39 is 23.3 Å². The molecule has 1 heterocycles. The van der Waals surface area contributed by atoms with Gasteiger partial charge in [0.25, 0.3) is 0 Å². The van der Waals surface area contributed by atoms with Crippen LogP contribution < -0.4 is 0 Å². The lowest BCUT2D eigenvalue weighted by Gasteiger charge is -2.25. The van der Waals surface area contributed by atoms with Crippen LogP contribution in [0.5, 0.6) is 0 Å². The molecule has 5 heteroatoms. The van der Waals surface area contributed by atoms with Crippen molar-refractivity contribution in [2.24, 2.45) is 0 Å². The van der Waals surface area contributed by atoms with Crippen molar-refractivity contribution in [3.05, 3.63) is 47.5 Å². The Labute approximate surface area is 95.7 Å².